The molecule has 0 spiro atoms. The summed E-state index contributed by atoms with van der Waals surface area (Å²) in [5.74, 6) is 0.756. The molecule has 0 bridgehead atoms. The first-order valence-electron chi connectivity index (χ1n) is 12.9. The summed E-state index contributed by atoms with van der Waals surface area (Å²) in [5, 5.41) is 3.83. The first-order chi connectivity index (χ1) is 18.1. The van der Waals surface area contributed by atoms with Gasteiger partial charge in [-0.05, 0) is 52.8 Å². The van der Waals surface area contributed by atoms with Gasteiger partial charge >= 0.3 is 0 Å². The summed E-state index contributed by atoms with van der Waals surface area (Å²) in [7, 11) is 0. The number of nitrogens with zero attached hydrogens (tertiary/aromatic N) is 1. The topological polar surface area (TPSA) is 58.6 Å². The fourth-order valence-corrected chi connectivity index (χ4v) is 4.31. The number of hydrogen-bond donors (Lipinski definition) is 1. The Hall–Kier alpha value is -3.02. The highest BCUT2D eigenvalue weighted by atomic mass is 35.5. The molecule has 0 aliphatic heterocycles. The van der Waals surface area contributed by atoms with E-state index in [-0.39, 0.29) is 30.9 Å². The molecule has 0 aliphatic carbocycles. The zero-order valence-corrected chi connectivity index (χ0v) is 23.9. The molecule has 0 fully saturated rings. The molecule has 0 saturated heterocycles. The highest BCUT2D eigenvalue weighted by Crippen LogP contribution is 2.25. The molecule has 1 N–H and O–H groups in total. The van der Waals surface area contributed by atoms with Crippen LogP contribution in [0.1, 0.15) is 50.3 Å². The zero-order valence-electron chi connectivity index (χ0n) is 22.4. The molecule has 0 saturated carbocycles. The van der Waals surface area contributed by atoms with Crippen LogP contribution in [-0.2, 0) is 22.6 Å². The normalized spacial score (nSPS) is 11.9. The first kappa shape index (κ1) is 29.5. The number of halogens is 2. The van der Waals surface area contributed by atoms with E-state index >= 15 is 0 Å². The summed E-state index contributed by atoms with van der Waals surface area (Å²) >= 11 is 12.4. The van der Waals surface area contributed by atoms with E-state index in [0.29, 0.717) is 34.7 Å². The molecule has 0 aliphatic rings. The number of hydrogen-bond acceptors (Lipinski definition) is 3. The van der Waals surface area contributed by atoms with Gasteiger partial charge in [-0.3, -0.25) is 9.59 Å². The highest BCUT2D eigenvalue weighted by Gasteiger charge is 2.31. The van der Waals surface area contributed by atoms with E-state index in [1.807, 2.05) is 74.5 Å². The Morgan fingerprint density at radius 3 is 2.16 bits per heavy atom. The molecule has 3 aromatic rings. The van der Waals surface area contributed by atoms with Crippen LogP contribution in [0.3, 0.4) is 0 Å². The van der Waals surface area contributed by atoms with Gasteiger partial charge in [0.15, 0.2) is 6.61 Å². The van der Waals surface area contributed by atoms with Gasteiger partial charge in [-0.25, -0.2) is 0 Å². The van der Waals surface area contributed by atoms with Gasteiger partial charge in [0, 0.05) is 19.5 Å². The average Bonchev–Trinajstić information content (AvgIpc) is 2.90. The van der Waals surface area contributed by atoms with Crippen LogP contribution in [0, 0.1) is 5.92 Å². The van der Waals surface area contributed by atoms with E-state index in [4.69, 9.17) is 27.9 Å². The molecule has 38 heavy (non-hydrogen) atoms. The van der Waals surface area contributed by atoms with Crippen molar-refractivity contribution >= 4 is 35.0 Å². The van der Waals surface area contributed by atoms with E-state index in [1.165, 1.54) is 5.56 Å². The van der Waals surface area contributed by atoms with Gasteiger partial charge in [0.1, 0.15) is 11.8 Å². The second kappa shape index (κ2) is 14.2. The summed E-state index contributed by atoms with van der Waals surface area (Å²) in [5.41, 5.74) is 2.91. The predicted molar refractivity (Wildman–Crippen MR) is 155 cm³/mol. The predicted octanol–water partition coefficient (Wildman–Crippen LogP) is 6.91. The lowest BCUT2D eigenvalue weighted by atomic mass is 10.0. The van der Waals surface area contributed by atoms with Crippen LogP contribution in [-0.4, -0.2) is 35.9 Å². The van der Waals surface area contributed by atoms with E-state index < -0.39 is 6.04 Å². The van der Waals surface area contributed by atoms with Crippen molar-refractivity contribution in [3.63, 3.8) is 0 Å². The molecular formula is C31H36Cl2N2O3. The minimum Gasteiger partial charge on any atom is -0.484 e. The van der Waals surface area contributed by atoms with E-state index in [2.05, 4.69) is 19.2 Å². The van der Waals surface area contributed by atoms with Gasteiger partial charge in [0.25, 0.3) is 5.91 Å². The van der Waals surface area contributed by atoms with Crippen LogP contribution in [0.5, 0.6) is 5.75 Å². The van der Waals surface area contributed by atoms with Crippen molar-refractivity contribution in [2.24, 2.45) is 5.92 Å². The second-order valence-corrected chi connectivity index (χ2v) is 10.9. The third-order valence-electron chi connectivity index (χ3n) is 6.20. The molecule has 3 rings (SSSR count). The average molecular weight is 556 g/mol. The van der Waals surface area contributed by atoms with E-state index in [1.54, 1.807) is 17.0 Å². The Bertz CT molecular complexity index is 1200. The second-order valence-electron chi connectivity index (χ2n) is 10.1. The zero-order chi connectivity index (χ0) is 27.7. The van der Waals surface area contributed by atoms with Crippen molar-refractivity contribution < 1.29 is 14.3 Å². The van der Waals surface area contributed by atoms with Gasteiger partial charge < -0.3 is 15.0 Å². The van der Waals surface area contributed by atoms with Crippen LogP contribution in [0.4, 0.5) is 0 Å². The molecule has 3 aromatic carbocycles. The Morgan fingerprint density at radius 2 is 1.55 bits per heavy atom. The van der Waals surface area contributed by atoms with Gasteiger partial charge in [0.05, 0.1) is 10.0 Å². The number of ether oxygens (including phenoxy) is 1. The number of carbonyl (C=O) groups is 2. The van der Waals surface area contributed by atoms with Crippen molar-refractivity contribution in [2.45, 2.75) is 52.6 Å². The van der Waals surface area contributed by atoms with Gasteiger partial charge in [-0.2, -0.15) is 0 Å². The quantitative estimate of drug-likeness (QED) is 0.264. The van der Waals surface area contributed by atoms with E-state index in [0.717, 1.165) is 11.1 Å². The van der Waals surface area contributed by atoms with Crippen molar-refractivity contribution in [2.75, 3.05) is 13.2 Å². The molecule has 1 atom stereocenters. The third-order valence-corrected chi connectivity index (χ3v) is 6.94. The lowest BCUT2D eigenvalue weighted by Gasteiger charge is -2.31. The number of amides is 2. The summed E-state index contributed by atoms with van der Waals surface area (Å²) < 4.78 is 5.87. The lowest BCUT2D eigenvalue weighted by Crippen LogP contribution is -2.52. The van der Waals surface area contributed by atoms with E-state index in [9.17, 15) is 9.59 Å². The Kier molecular flexibility index (Phi) is 11.1. The maximum absolute atomic E-state index is 13.7. The summed E-state index contributed by atoms with van der Waals surface area (Å²) in [6.07, 6.45) is 0.362. The van der Waals surface area contributed by atoms with Crippen molar-refractivity contribution in [1.82, 2.24) is 10.2 Å². The molecular weight excluding hydrogens is 519 g/mol. The highest BCUT2D eigenvalue weighted by molar-refractivity contribution is 6.42. The van der Waals surface area contributed by atoms with Crippen LogP contribution in [0.2, 0.25) is 10.0 Å². The fourth-order valence-electron chi connectivity index (χ4n) is 3.99. The maximum Gasteiger partial charge on any atom is 0.261 e. The van der Waals surface area contributed by atoms with Gasteiger partial charge in [-0.15, -0.1) is 0 Å². The van der Waals surface area contributed by atoms with Crippen molar-refractivity contribution in [3.8, 4) is 5.75 Å². The number of benzene rings is 3. The summed E-state index contributed by atoms with van der Waals surface area (Å²) in [6, 6.07) is 21.9. The SMILES string of the molecule is CC(C)CNC(=O)[C@H](Cc1ccccc1)N(Cc1ccc(Cl)c(Cl)c1)C(=O)COc1ccc(C(C)C)cc1. The number of nitrogens with one attached hydrogen (secondary N) is 1. The van der Waals surface area contributed by atoms with Crippen LogP contribution >= 0.6 is 23.2 Å². The summed E-state index contributed by atoms with van der Waals surface area (Å²) in [6.45, 7) is 8.79. The minimum atomic E-state index is -0.745. The molecule has 202 valence electrons. The molecule has 5 nitrogen and oxygen atoms in total. The van der Waals surface area contributed by atoms with Crippen LogP contribution in [0.25, 0.3) is 0 Å². The molecule has 2 amide bonds. The Labute approximate surface area is 236 Å². The molecule has 0 aromatic heterocycles. The summed E-state index contributed by atoms with van der Waals surface area (Å²) in [4.78, 5) is 28.7. The Morgan fingerprint density at radius 1 is 0.868 bits per heavy atom. The van der Waals surface area contributed by atoms with Crippen LogP contribution < -0.4 is 10.1 Å². The van der Waals surface area contributed by atoms with Crippen LogP contribution in [0.15, 0.2) is 72.8 Å². The fraction of sp³-hybridized carbons (Fsp3) is 0.355. The van der Waals surface area contributed by atoms with Crippen molar-refractivity contribution in [1.29, 1.82) is 0 Å². The lowest BCUT2D eigenvalue weighted by molar-refractivity contribution is -0.142. The van der Waals surface area contributed by atoms with Gasteiger partial charge in [0.2, 0.25) is 5.91 Å². The number of carbonyl (C=O) groups excluding carboxylic acids is 2. The third kappa shape index (κ3) is 8.78. The largest absolute Gasteiger partial charge is 0.484 e. The monoisotopic (exact) mass is 554 g/mol. The first-order valence-corrected chi connectivity index (χ1v) is 13.7. The van der Waals surface area contributed by atoms with Gasteiger partial charge in [-0.1, -0.05) is 99.4 Å². The number of rotatable bonds is 12. The molecule has 0 unspecified atom stereocenters. The maximum atomic E-state index is 13.7. The Balaban J connectivity index is 1.89. The molecule has 0 heterocycles. The smallest absolute Gasteiger partial charge is 0.261 e. The standard InChI is InChI=1S/C31H36Cl2N2O3/c1-21(2)18-34-31(37)29(17-23-8-6-5-7-9-23)35(19-24-10-15-27(32)28(33)16-24)30(36)20-38-26-13-11-25(12-14-26)22(3)4/h5-16,21-22,29H,17-20H2,1-4H3,(H,34,37)/t29-/m0/s1. The minimum absolute atomic E-state index is 0.179. The molecule has 7 heteroatoms. The van der Waals surface area contributed by atoms with Crippen molar-refractivity contribution in [3.05, 3.63) is 99.5 Å². The molecule has 0 radical (unpaired) electrons.